The van der Waals surface area contributed by atoms with E-state index in [2.05, 4.69) is 22.1 Å². The van der Waals surface area contributed by atoms with E-state index in [9.17, 15) is 4.79 Å². The summed E-state index contributed by atoms with van der Waals surface area (Å²) in [5.41, 5.74) is 1.51. The number of aromatic amines is 1. The molecule has 0 saturated carbocycles. The van der Waals surface area contributed by atoms with E-state index in [1.807, 2.05) is 43.3 Å². The van der Waals surface area contributed by atoms with Crippen molar-refractivity contribution in [2.75, 3.05) is 6.61 Å². The molecule has 4 aromatic rings. The van der Waals surface area contributed by atoms with Crippen molar-refractivity contribution in [3.63, 3.8) is 0 Å². The molecular weight excluding hydrogens is 302 g/mol. The number of benzene rings is 2. The molecule has 0 bridgehead atoms. The second-order valence-corrected chi connectivity index (χ2v) is 5.78. The van der Waals surface area contributed by atoms with E-state index in [0.29, 0.717) is 24.2 Å². The van der Waals surface area contributed by atoms with E-state index >= 15 is 0 Å². The highest BCUT2D eigenvalue weighted by molar-refractivity contribution is 5.88. The van der Waals surface area contributed by atoms with Crippen LogP contribution < -0.4 is 10.3 Å². The molecule has 0 saturated heterocycles. The first kappa shape index (κ1) is 14.5. The molecular formula is C19H17N3O2. The zero-order valence-electron chi connectivity index (χ0n) is 13.3. The first-order valence-electron chi connectivity index (χ1n) is 7.88. The fourth-order valence-electron chi connectivity index (χ4n) is 2.91. The summed E-state index contributed by atoms with van der Waals surface area (Å²) in [5.74, 6) is 0.827. The predicted molar refractivity (Wildman–Crippen MR) is 94.5 cm³/mol. The molecule has 0 fully saturated rings. The Labute approximate surface area is 138 Å². The maximum absolute atomic E-state index is 12.4. The summed E-state index contributed by atoms with van der Waals surface area (Å²) < 4.78 is 7.48. The Morgan fingerprint density at radius 3 is 2.88 bits per heavy atom. The van der Waals surface area contributed by atoms with Crippen LogP contribution >= 0.6 is 0 Å². The van der Waals surface area contributed by atoms with Crippen molar-refractivity contribution in [2.45, 2.75) is 13.5 Å². The standard InChI is InChI=1S/C19H17N3O2/c1-13-11-16-18(21-13)20-12-22(19(16)23)9-10-24-17-8-4-6-14-5-2-3-7-15(14)17/h2-8,11-12,21H,9-10H2,1H3. The predicted octanol–water partition coefficient (Wildman–Crippen LogP) is 3.27. The van der Waals surface area contributed by atoms with E-state index in [1.165, 1.54) is 0 Å². The van der Waals surface area contributed by atoms with Gasteiger partial charge in [0.05, 0.1) is 11.9 Å². The lowest BCUT2D eigenvalue weighted by Gasteiger charge is -2.10. The molecule has 2 heterocycles. The average molecular weight is 319 g/mol. The lowest BCUT2D eigenvalue weighted by atomic mass is 10.1. The van der Waals surface area contributed by atoms with Crippen LogP contribution in [0.25, 0.3) is 21.8 Å². The number of fused-ring (bicyclic) bond motifs is 2. The lowest BCUT2D eigenvalue weighted by molar-refractivity contribution is 0.299. The van der Waals surface area contributed by atoms with Crippen LogP contribution in [-0.4, -0.2) is 21.1 Å². The first-order chi connectivity index (χ1) is 11.7. The summed E-state index contributed by atoms with van der Waals surface area (Å²) in [6, 6.07) is 15.9. The zero-order valence-corrected chi connectivity index (χ0v) is 13.3. The van der Waals surface area contributed by atoms with Crippen LogP contribution in [0.3, 0.4) is 0 Å². The molecule has 0 aliphatic rings. The third-order valence-electron chi connectivity index (χ3n) is 4.09. The number of rotatable bonds is 4. The van der Waals surface area contributed by atoms with Crippen LogP contribution in [0, 0.1) is 6.92 Å². The SMILES string of the molecule is Cc1cc2c(=O)n(CCOc3cccc4ccccc34)cnc2[nH]1. The third-order valence-corrected chi connectivity index (χ3v) is 4.09. The highest BCUT2D eigenvalue weighted by Gasteiger charge is 2.07. The average Bonchev–Trinajstić information content (AvgIpc) is 2.98. The van der Waals surface area contributed by atoms with Crippen LogP contribution in [0.2, 0.25) is 0 Å². The summed E-state index contributed by atoms with van der Waals surface area (Å²) in [6.45, 7) is 2.77. The Kier molecular flexibility index (Phi) is 3.54. The molecule has 5 heteroatoms. The van der Waals surface area contributed by atoms with Crippen LogP contribution in [0.5, 0.6) is 5.75 Å². The Morgan fingerprint density at radius 2 is 1.96 bits per heavy atom. The van der Waals surface area contributed by atoms with Gasteiger partial charge in [-0.2, -0.15) is 0 Å². The normalized spacial score (nSPS) is 11.2. The molecule has 0 unspecified atom stereocenters. The van der Waals surface area contributed by atoms with Crippen LogP contribution in [0.4, 0.5) is 0 Å². The summed E-state index contributed by atoms with van der Waals surface area (Å²) in [6.07, 6.45) is 1.56. The Bertz CT molecular complexity index is 1070. The molecule has 2 aromatic heterocycles. The fourth-order valence-corrected chi connectivity index (χ4v) is 2.91. The quantitative estimate of drug-likeness (QED) is 0.628. The van der Waals surface area contributed by atoms with Gasteiger partial charge < -0.3 is 9.72 Å². The lowest BCUT2D eigenvalue weighted by Crippen LogP contribution is -2.23. The molecule has 0 aliphatic heterocycles. The Balaban J connectivity index is 1.55. The molecule has 4 rings (SSSR count). The van der Waals surface area contributed by atoms with Gasteiger partial charge in [0.15, 0.2) is 0 Å². The Morgan fingerprint density at radius 1 is 1.12 bits per heavy atom. The number of hydrogen-bond acceptors (Lipinski definition) is 3. The molecule has 0 aliphatic carbocycles. The maximum atomic E-state index is 12.4. The van der Waals surface area contributed by atoms with Gasteiger partial charge in [0.1, 0.15) is 24.3 Å². The zero-order chi connectivity index (χ0) is 16.5. The first-order valence-corrected chi connectivity index (χ1v) is 7.88. The fraction of sp³-hybridized carbons (Fsp3) is 0.158. The van der Waals surface area contributed by atoms with Crippen molar-refractivity contribution in [3.8, 4) is 5.75 Å². The van der Waals surface area contributed by atoms with Crippen molar-refractivity contribution in [1.29, 1.82) is 0 Å². The van der Waals surface area contributed by atoms with Gasteiger partial charge >= 0.3 is 0 Å². The second-order valence-electron chi connectivity index (χ2n) is 5.78. The minimum atomic E-state index is -0.0501. The molecule has 0 spiro atoms. The molecule has 0 radical (unpaired) electrons. The number of aryl methyl sites for hydroxylation is 1. The smallest absolute Gasteiger partial charge is 0.262 e. The van der Waals surface area contributed by atoms with Crippen molar-refractivity contribution in [1.82, 2.24) is 14.5 Å². The van der Waals surface area contributed by atoms with Gasteiger partial charge in [-0.25, -0.2) is 4.98 Å². The maximum Gasteiger partial charge on any atom is 0.262 e. The van der Waals surface area contributed by atoms with Gasteiger partial charge in [0.2, 0.25) is 0 Å². The highest BCUT2D eigenvalue weighted by atomic mass is 16.5. The molecule has 0 amide bonds. The highest BCUT2D eigenvalue weighted by Crippen LogP contribution is 2.25. The van der Waals surface area contributed by atoms with E-state index < -0.39 is 0 Å². The van der Waals surface area contributed by atoms with Crippen LogP contribution in [0.1, 0.15) is 5.69 Å². The van der Waals surface area contributed by atoms with E-state index in [-0.39, 0.29) is 5.56 Å². The van der Waals surface area contributed by atoms with E-state index in [1.54, 1.807) is 10.9 Å². The van der Waals surface area contributed by atoms with Crippen LogP contribution in [-0.2, 0) is 6.54 Å². The minimum absolute atomic E-state index is 0.0501. The van der Waals surface area contributed by atoms with Crippen molar-refractivity contribution < 1.29 is 4.74 Å². The topological polar surface area (TPSA) is 59.9 Å². The van der Waals surface area contributed by atoms with E-state index in [0.717, 1.165) is 22.2 Å². The van der Waals surface area contributed by atoms with Crippen molar-refractivity contribution in [2.24, 2.45) is 0 Å². The monoisotopic (exact) mass is 319 g/mol. The number of aromatic nitrogens is 3. The largest absolute Gasteiger partial charge is 0.491 e. The molecule has 1 N–H and O–H groups in total. The molecule has 120 valence electrons. The number of hydrogen-bond donors (Lipinski definition) is 1. The van der Waals surface area contributed by atoms with Gasteiger partial charge in [-0.15, -0.1) is 0 Å². The van der Waals surface area contributed by atoms with Gasteiger partial charge in [-0.3, -0.25) is 9.36 Å². The van der Waals surface area contributed by atoms with E-state index in [4.69, 9.17) is 4.74 Å². The van der Waals surface area contributed by atoms with Crippen LogP contribution in [0.15, 0.2) is 59.7 Å². The molecule has 5 nitrogen and oxygen atoms in total. The number of nitrogens with one attached hydrogen (secondary N) is 1. The van der Waals surface area contributed by atoms with Gasteiger partial charge in [-0.1, -0.05) is 36.4 Å². The number of ether oxygens (including phenoxy) is 1. The Hall–Kier alpha value is -3.08. The third kappa shape index (κ3) is 2.54. The van der Waals surface area contributed by atoms with Gasteiger partial charge in [0, 0.05) is 11.1 Å². The van der Waals surface area contributed by atoms with Gasteiger partial charge in [0.25, 0.3) is 5.56 Å². The second kappa shape index (κ2) is 5.85. The summed E-state index contributed by atoms with van der Waals surface area (Å²) >= 11 is 0. The summed E-state index contributed by atoms with van der Waals surface area (Å²) in [4.78, 5) is 19.8. The number of nitrogens with zero attached hydrogens (tertiary/aromatic N) is 2. The summed E-state index contributed by atoms with van der Waals surface area (Å²) in [7, 11) is 0. The van der Waals surface area contributed by atoms with Crippen molar-refractivity contribution in [3.05, 3.63) is 70.9 Å². The summed E-state index contributed by atoms with van der Waals surface area (Å²) in [5, 5.41) is 2.82. The number of H-pyrrole nitrogens is 1. The van der Waals surface area contributed by atoms with Crippen molar-refractivity contribution >= 4 is 21.8 Å². The minimum Gasteiger partial charge on any atom is -0.491 e. The molecule has 2 aromatic carbocycles. The molecule has 0 atom stereocenters. The molecule has 24 heavy (non-hydrogen) atoms. The van der Waals surface area contributed by atoms with Gasteiger partial charge in [-0.05, 0) is 24.4 Å².